The van der Waals surface area contributed by atoms with E-state index in [9.17, 15) is 14.4 Å². The van der Waals surface area contributed by atoms with E-state index in [1.54, 1.807) is 6.92 Å². The maximum Gasteiger partial charge on any atom is 0.408 e. The van der Waals surface area contributed by atoms with Gasteiger partial charge in [-0.1, -0.05) is 60.7 Å². The Morgan fingerprint density at radius 1 is 0.929 bits per heavy atom. The number of carbonyl (C=O) groups is 3. The second kappa shape index (κ2) is 11.1. The van der Waals surface area contributed by atoms with E-state index in [0.717, 1.165) is 11.1 Å². The van der Waals surface area contributed by atoms with Crippen molar-refractivity contribution in [1.29, 1.82) is 0 Å². The molecular weight excluding hydrogens is 380 g/mol. The van der Waals surface area contributed by atoms with Crippen LogP contribution in [0.5, 0.6) is 0 Å². The summed E-state index contributed by atoms with van der Waals surface area (Å²) in [5.41, 5.74) is 1.70. The SMILES string of the molecule is C[C@H](NC(=O)C(Cc1ccccc1)NC(=O)OCc1ccccc1)C(=O)CCl. The normalized spacial score (nSPS) is 12.5. The Morgan fingerprint density at radius 2 is 1.50 bits per heavy atom. The number of alkyl carbamates (subject to hydrolysis) is 1. The van der Waals surface area contributed by atoms with Crippen LogP contribution < -0.4 is 10.6 Å². The number of hydrogen-bond donors (Lipinski definition) is 2. The first-order valence-electron chi connectivity index (χ1n) is 8.89. The molecule has 1 unspecified atom stereocenters. The third-order valence-corrected chi connectivity index (χ3v) is 4.34. The number of nitrogens with one attached hydrogen (secondary N) is 2. The van der Waals surface area contributed by atoms with Crippen molar-refractivity contribution in [2.24, 2.45) is 0 Å². The minimum Gasteiger partial charge on any atom is -0.445 e. The number of carbonyl (C=O) groups excluding carboxylic acids is 3. The van der Waals surface area contributed by atoms with Crippen LogP contribution in [0.2, 0.25) is 0 Å². The van der Waals surface area contributed by atoms with Gasteiger partial charge in [-0.2, -0.15) is 0 Å². The molecule has 0 aliphatic rings. The summed E-state index contributed by atoms with van der Waals surface area (Å²) in [5, 5.41) is 5.17. The van der Waals surface area contributed by atoms with E-state index in [2.05, 4.69) is 10.6 Å². The second-order valence-corrected chi connectivity index (χ2v) is 6.55. The summed E-state index contributed by atoms with van der Waals surface area (Å²) >= 11 is 5.53. The number of amides is 2. The van der Waals surface area contributed by atoms with Crippen LogP contribution >= 0.6 is 11.6 Å². The van der Waals surface area contributed by atoms with Gasteiger partial charge in [-0.15, -0.1) is 11.6 Å². The van der Waals surface area contributed by atoms with Crippen molar-refractivity contribution in [3.05, 3.63) is 71.8 Å². The van der Waals surface area contributed by atoms with Crippen LogP contribution in [-0.2, 0) is 27.4 Å². The van der Waals surface area contributed by atoms with Crippen LogP contribution in [0.25, 0.3) is 0 Å². The zero-order valence-electron chi connectivity index (χ0n) is 15.6. The molecule has 0 aromatic heterocycles. The molecule has 0 heterocycles. The highest BCUT2D eigenvalue weighted by molar-refractivity contribution is 6.28. The summed E-state index contributed by atoms with van der Waals surface area (Å²) in [5.74, 6) is -0.983. The first-order chi connectivity index (χ1) is 13.5. The maximum absolute atomic E-state index is 12.6. The Hall–Kier alpha value is -2.86. The summed E-state index contributed by atoms with van der Waals surface area (Å²) in [6.45, 7) is 1.64. The molecule has 2 N–H and O–H groups in total. The van der Waals surface area contributed by atoms with E-state index in [1.165, 1.54) is 0 Å². The summed E-state index contributed by atoms with van der Waals surface area (Å²) in [6, 6.07) is 16.8. The highest BCUT2D eigenvalue weighted by Gasteiger charge is 2.25. The Balaban J connectivity index is 2.01. The molecule has 2 rings (SSSR count). The fraction of sp³-hybridized carbons (Fsp3) is 0.286. The Bertz CT molecular complexity index is 784. The Morgan fingerprint density at radius 3 is 2.07 bits per heavy atom. The minimum absolute atomic E-state index is 0.0908. The van der Waals surface area contributed by atoms with Crippen LogP contribution in [0, 0.1) is 0 Å². The van der Waals surface area contributed by atoms with Crippen molar-refractivity contribution in [2.75, 3.05) is 5.88 Å². The van der Waals surface area contributed by atoms with Crippen molar-refractivity contribution in [3.8, 4) is 0 Å². The predicted molar refractivity (Wildman–Crippen MR) is 107 cm³/mol. The molecule has 0 saturated heterocycles. The third-order valence-electron chi connectivity index (χ3n) is 4.08. The van der Waals surface area contributed by atoms with Gasteiger partial charge in [0.15, 0.2) is 5.78 Å². The van der Waals surface area contributed by atoms with Gasteiger partial charge in [0, 0.05) is 6.42 Å². The number of rotatable bonds is 9. The minimum atomic E-state index is -0.892. The van der Waals surface area contributed by atoms with E-state index in [1.807, 2.05) is 60.7 Å². The monoisotopic (exact) mass is 402 g/mol. The van der Waals surface area contributed by atoms with Crippen molar-refractivity contribution in [3.63, 3.8) is 0 Å². The van der Waals surface area contributed by atoms with Gasteiger partial charge >= 0.3 is 6.09 Å². The first kappa shape index (κ1) is 21.4. The molecule has 0 radical (unpaired) electrons. The van der Waals surface area contributed by atoms with Crippen LogP contribution in [-0.4, -0.2) is 35.7 Å². The van der Waals surface area contributed by atoms with Crippen molar-refractivity contribution < 1.29 is 19.1 Å². The largest absolute Gasteiger partial charge is 0.445 e. The average Bonchev–Trinajstić information content (AvgIpc) is 2.72. The molecule has 0 aliphatic heterocycles. The molecule has 2 amide bonds. The Kier molecular flexibility index (Phi) is 8.49. The lowest BCUT2D eigenvalue weighted by Gasteiger charge is -2.20. The van der Waals surface area contributed by atoms with Crippen LogP contribution in [0.4, 0.5) is 4.79 Å². The molecule has 6 nitrogen and oxygen atoms in total. The van der Waals surface area contributed by atoms with Crippen LogP contribution in [0.3, 0.4) is 0 Å². The van der Waals surface area contributed by atoms with Crippen LogP contribution in [0.1, 0.15) is 18.1 Å². The lowest BCUT2D eigenvalue weighted by Crippen LogP contribution is -2.52. The van der Waals surface area contributed by atoms with E-state index >= 15 is 0 Å². The van der Waals surface area contributed by atoms with Gasteiger partial charge in [0.05, 0.1) is 11.9 Å². The quantitative estimate of drug-likeness (QED) is 0.631. The lowest BCUT2D eigenvalue weighted by atomic mass is 10.0. The second-order valence-electron chi connectivity index (χ2n) is 6.28. The molecular formula is C21H23ClN2O4. The summed E-state index contributed by atoms with van der Waals surface area (Å²) in [6.07, 6.45) is -0.453. The number of benzene rings is 2. The van der Waals surface area contributed by atoms with Gasteiger partial charge in [-0.05, 0) is 18.1 Å². The maximum atomic E-state index is 12.6. The molecule has 0 fully saturated rings. The average molecular weight is 403 g/mol. The zero-order chi connectivity index (χ0) is 20.4. The Labute approximate surface area is 169 Å². The summed E-state index contributed by atoms with van der Waals surface area (Å²) < 4.78 is 5.20. The number of hydrogen-bond acceptors (Lipinski definition) is 4. The van der Waals surface area contributed by atoms with Gasteiger partial charge in [-0.25, -0.2) is 4.79 Å². The highest BCUT2D eigenvalue weighted by atomic mass is 35.5. The number of alkyl halides is 1. The smallest absolute Gasteiger partial charge is 0.408 e. The fourth-order valence-corrected chi connectivity index (χ4v) is 2.71. The van der Waals surface area contributed by atoms with E-state index < -0.39 is 24.1 Å². The summed E-state index contributed by atoms with van der Waals surface area (Å²) in [7, 11) is 0. The molecule has 2 atom stereocenters. The molecule has 0 spiro atoms. The van der Waals surface area contributed by atoms with E-state index in [0.29, 0.717) is 0 Å². The van der Waals surface area contributed by atoms with Crippen molar-refractivity contribution in [2.45, 2.75) is 32.0 Å². The topological polar surface area (TPSA) is 84.5 Å². The molecule has 0 aliphatic carbocycles. The predicted octanol–water partition coefficient (Wildman–Crippen LogP) is 2.84. The molecule has 28 heavy (non-hydrogen) atoms. The number of halogens is 1. The molecule has 0 bridgehead atoms. The van der Waals surface area contributed by atoms with Crippen LogP contribution in [0.15, 0.2) is 60.7 Å². The molecule has 2 aromatic carbocycles. The highest BCUT2D eigenvalue weighted by Crippen LogP contribution is 2.06. The number of Topliss-reactive ketones (excluding diaryl/α,β-unsaturated/α-hetero) is 1. The number of ketones is 1. The fourth-order valence-electron chi connectivity index (χ4n) is 2.48. The molecule has 7 heteroatoms. The van der Waals surface area contributed by atoms with Gasteiger partial charge in [-0.3, -0.25) is 9.59 Å². The van der Waals surface area contributed by atoms with Crippen molar-refractivity contribution >= 4 is 29.4 Å². The molecule has 2 aromatic rings. The van der Waals surface area contributed by atoms with Gasteiger partial charge in [0.2, 0.25) is 5.91 Å². The summed E-state index contributed by atoms with van der Waals surface area (Å²) in [4.78, 5) is 36.5. The lowest BCUT2D eigenvalue weighted by molar-refractivity contribution is -0.127. The molecule has 148 valence electrons. The first-order valence-corrected chi connectivity index (χ1v) is 9.43. The van der Waals surface area contributed by atoms with E-state index in [4.69, 9.17) is 16.3 Å². The molecule has 0 saturated carbocycles. The zero-order valence-corrected chi connectivity index (χ0v) is 16.3. The van der Waals surface area contributed by atoms with Crippen molar-refractivity contribution in [1.82, 2.24) is 10.6 Å². The van der Waals surface area contributed by atoms with Gasteiger partial charge in [0.25, 0.3) is 0 Å². The van der Waals surface area contributed by atoms with E-state index in [-0.39, 0.29) is 24.7 Å². The van der Waals surface area contributed by atoms with Gasteiger partial charge < -0.3 is 15.4 Å². The third kappa shape index (κ3) is 7.04. The number of ether oxygens (including phenoxy) is 1. The standard InChI is InChI=1S/C21H23ClN2O4/c1-15(19(25)13-22)23-20(26)18(12-16-8-4-2-5-9-16)24-21(27)28-14-17-10-6-3-7-11-17/h2-11,15,18H,12-14H2,1H3,(H,23,26)(H,24,27)/t15-,18?/m0/s1. The van der Waals surface area contributed by atoms with Gasteiger partial charge in [0.1, 0.15) is 12.6 Å².